The van der Waals surface area contributed by atoms with E-state index in [0.717, 1.165) is 25.7 Å². The molecule has 2 nitrogen and oxygen atoms in total. The van der Waals surface area contributed by atoms with Gasteiger partial charge in [0.1, 0.15) is 0 Å². The van der Waals surface area contributed by atoms with Gasteiger partial charge in [0.15, 0.2) is 0 Å². The number of hydrogen-bond donors (Lipinski definition) is 1. The van der Waals surface area contributed by atoms with Crippen molar-refractivity contribution in [3.8, 4) is 0 Å². The molecule has 0 saturated heterocycles. The van der Waals surface area contributed by atoms with Crippen molar-refractivity contribution in [3.63, 3.8) is 0 Å². The summed E-state index contributed by atoms with van der Waals surface area (Å²) >= 11 is 0. The fraction of sp³-hybridized carbons (Fsp3) is 0.778. The summed E-state index contributed by atoms with van der Waals surface area (Å²) in [6.45, 7) is 2.18. The molecule has 1 aliphatic rings. The van der Waals surface area contributed by atoms with E-state index < -0.39 is 0 Å². The lowest BCUT2D eigenvalue weighted by Crippen LogP contribution is -2.29. The maximum atomic E-state index is 11.2. The molecule has 1 radical (unpaired) electrons. The first-order valence-corrected chi connectivity index (χ1v) is 4.27. The SMILES string of the molecule is CNC(=O)C1CC[C](C)CC1. The van der Waals surface area contributed by atoms with Crippen molar-refractivity contribution in [2.75, 3.05) is 7.05 Å². The fourth-order valence-corrected chi connectivity index (χ4v) is 1.58. The molecule has 2 heteroatoms. The van der Waals surface area contributed by atoms with Crippen LogP contribution < -0.4 is 5.32 Å². The van der Waals surface area contributed by atoms with Gasteiger partial charge in [-0.15, -0.1) is 0 Å². The van der Waals surface area contributed by atoms with Crippen molar-refractivity contribution in [1.82, 2.24) is 5.32 Å². The molecule has 11 heavy (non-hydrogen) atoms. The van der Waals surface area contributed by atoms with Crippen molar-refractivity contribution in [2.24, 2.45) is 5.92 Å². The normalized spacial score (nSPS) is 21.6. The van der Waals surface area contributed by atoms with Crippen LogP contribution in [0.25, 0.3) is 0 Å². The molecule has 1 fully saturated rings. The summed E-state index contributed by atoms with van der Waals surface area (Å²) in [5.41, 5.74) is 0. The predicted octanol–water partition coefficient (Wildman–Crippen LogP) is 1.52. The Balaban J connectivity index is 2.33. The summed E-state index contributed by atoms with van der Waals surface area (Å²) in [5.74, 6) is 2.05. The van der Waals surface area contributed by atoms with Gasteiger partial charge in [0.05, 0.1) is 0 Å². The minimum Gasteiger partial charge on any atom is -0.359 e. The second-order valence-corrected chi connectivity index (χ2v) is 3.35. The molecule has 1 rings (SSSR count). The molecule has 0 aromatic carbocycles. The van der Waals surface area contributed by atoms with Crippen molar-refractivity contribution in [3.05, 3.63) is 5.92 Å². The number of rotatable bonds is 1. The Kier molecular flexibility index (Phi) is 2.92. The Morgan fingerprint density at radius 3 is 2.45 bits per heavy atom. The average molecular weight is 154 g/mol. The van der Waals surface area contributed by atoms with Crippen molar-refractivity contribution in [2.45, 2.75) is 32.6 Å². The Hall–Kier alpha value is -0.530. The maximum absolute atomic E-state index is 11.2. The number of carbonyl (C=O) groups is 1. The van der Waals surface area contributed by atoms with Crippen LogP contribution in [0.1, 0.15) is 32.6 Å². The van der Waals surface area contributed by atoms with Gasteiger partial charge in [0.25, 0.3) is 0 Å². The van der Waals surface area contributed by atoms with Crippen LogP contribution in [0.3, 0.4) is 0 Å². The molecule has 1 saturated carbocycles. The van der Waals surface area contributed by atoms with E-state index in [1.54, 1.807) is 13.0 Å². The van der Waals surface area contributed by atoms with E-state index in [2.05, 4.69) is 12.2 Å². The van der Waals surface area contributed by atoms with E-state index in [1.165, 1.54) is 0 Å². The van der Waals surface area contributed by atoms with Gasteiger partial charge < -0.3 is 5.32 Å². The molecule has 0 aromatic heterocycles. The summed E-state index contributed by atoms with van der Waals surface area (Å²) in [6, 6.07) is 0. The zero-order valence-electron chi connectivity index (χ0n) is 7.31. The number of amides is 1. The summed E-state index contributed by atoms with van der Waals surface area (Å²) in [7, 11) is 1.72. The van der Waals surface area contributed by atoms with Gasteiger partial charge in [-0.2, -0.15) is 0 Å². The summed E-state index contributed by atoms with van der Waals surface area (Å²) in [5, 5.41) is 2.70. The third kappa shape index (κ3) is 2.21. The average Bonchev–Trinajstić information content (AvgIpc) is 2.05. The first kappa shape index (κ1) is 8.57. The number of hydrogen-bond acceptors (Lipinski definition) is 1. The molecule has 0 bridgehead atoms. The van der Waals surface area contributed by atoms with E-state index >= 15 is 0 Å². The Labute approximate surface area is 68.4 Å². The first-order valence-electron chi connectivity index (χ1n) is 4.27. The molecule has 1 N–H and O–H groups in total. The van der Waals surface area contributed by atoms with Crippen LogP contribution in [0.15, 0.2) is 0 Å². The lowest BCUT2D eigenvalue weighted by atomic mass is 9.83. The van der Waals surface area contributed by atoms with Gasteiger partial charge in [-0.05, 0) is 31.6 Å². The largest absolute Gasteiger partial charge is 0.359 e. The summed E-state index contributed by atoms with van der Waals surface area (Å²) in [4.78, 5) is 11.2. The zero-order chi connectivity index (χ0) is 8.27. The molecule has 0 unspecified atom stereocenters. The van der Waals surface area contributed by atoms with Crippen LogP contribution in [-0.2, 0) is 4.79 Å². The van der Waals surface area contributed by atoms with Crippen LogP contribution in [0.2, 0.25) is 0 Å². The van der Waals surface area contributed by atoms with Crippen LogP contribution in [0.5, 0.6) is 0 Å². The minimum atomic E-state index is 0.220. The van der Waals surface area contributed by atoms with Gasteiger partial charge in [-0.1, -0.05) is 6.92 Å². The maximum Gasteiger partial charge on any atom is 0.222 e. The summed E-state index contributed by atoms with van der Waals surface area (Å²) in [6.07, 6.45) is 4.37. The van der Waals surface area contributed by atoms with Gasteiger partial charge >= 0.3 is 0 Å². The quantitative estimate of drug-likeness (QED) is 0.609. The van der Waals surface area contributed by atoms with E-state index in [0.29, 0.717) is 0 Å². The Bertz CT molecular complexity index is 136. The highest BCUT2D eigenvalue weighted by molar-refractivity contribution is 5.78. The monoisotopic (exact) mass is 154 g/mol. The minimum absolute atomic E-state index is 0.220. The van der Waals surface area contributed by atoms with Crippen LogP contribution in [0, 0.1) is 11.8 Å². The topological polar surface area (TPSA) is 29.1 Å². The second kappa shape index (κ2) is 3.74. The molecule has 0 atom stereocenters. The highest BCUT2D eigenvalue weighted by atomic mass is 16.1. The molecule has 1 amide bonds. The first-order chi connectivity index (χ1) is 5.24. The predicted molar refractivity (Wildman–Crippen MR) is 44.9 cm³/mol. The lowest BCUT2D eigenvalue weighted by molar-refractivity contribution is -0.125. The molecular weight excluding hydrogens is 138 g/mol. The standard InChI is InChI=1S/C9H16NO/c1-7-3-5-8(6-4-7)9(11)10-2/h8H,3-6H2,1-2H3,(H,10,11). The van der Waals surface area contributed by atoms with Crippen molar-refractivity contribution >= 4 is 5.91 Å². The third-order valence-electron chi connectivity index (χ3n) is 2.46. The third-order valence-corrected chi connectivity index (χ3v) is 2.46. The molecular formula is C9H16NO. The molecule has 0 aromatic rings. The molecule has 0 heterocycles. The molecule has 63 valence electrons. The van der Waals surface area contributed by atoms with Gasteiger partial charge in [0, 0.05) is 13.0 Å². The Morgan fingerprint density at radius 1 is 1.45 bits per heavy atom. The molecule has 0 spiro atoms. The smallest absolute Gasteiger partial charge is 0.222 e. The van der Waals surface area contributed by atoms with Crippen molar-refractivity contribution in [1.29, 1.82) is 0 Å². The van der Waals surface area contributed by atoms with Crippen molar-refractivity contribution < 1.29 is 4.79 Å². The van der Waals surface area contributed by atoms with Crippen LogP contribution >= 0.6 is 0 Å². The van der Waals surface area contributed by atoms with E-state index in [9.17, 15) is 4.79 Å². The van der Waals surface area contributed by atoms with Gasteiger partial charge in [0.2, 0.25) is 5.91 Å². The highest BCUT2D eigenvalue weighted by Crippen LogP contribution is 2.29. The van der Waals surface area contributed by atoms with E-state index in [1.807, 2.05) is 0 Å². The molecule has 0 aliphatic heterocycles. The highest BCUT2D eigenvalue weighted by Gasteiger charge is 2.23. The lowest BCUT2D eigenvalue weighted by Gasteiger charge is -2.24. The van der Waals surface area contributed by atoms with Crippen LogP contribution in [-0.4, -0.2) is 13.0 Å². The molecule has 1 aliphatic carbocycles. The van der Waals surface area contributed by atoms with Gasteiger partial charge in [-0.25, -0.2) is 0 Å². The Morgan fingerprint density at radius 2 is 2.00 bits per heavy atom. The zero-order valence-corrected chi connectivity index (χ0v) is 7.31. The fourth-order valence-electron chi connectivity index (χ4n) is 1.58. The van der Waals surface area contributed by atoms with E-state index in [-0.39, 0.29) is 11.8 Å². The summed E-state index contributed by atoms with van der Waals surface area (Å²) < 4.78 is 0. The number of carbonyl (C=O) groups excluding carboxylic acids is 1. The van der Waals surface area contributed by atoms with Crippen LogP contribution in [0.4, 0.5) is 0 Å². The second-order valence-electron chi connectivity index (χ2n) is 3.35. The van der Waals surface area contributed by atoms with Gasteiger partial charge in [-0.3, -0.25) is 4.79 Å². The van der Waals surface area contributed by atoms with E-state index in [4.69, 9.17) is 0 Å². The number of nitrogens with one attached hydrogen (secondary N) is 1.